The van der Waals surface area contributed by atoms with Crippen molar-refractivity contribution in [3.63, 3.8) is 0 Å². The van der Waals surface area contributed by atoms with Gasteiger partial charge in [-0.1, -0.05) is 0 Å². The molecule has 1 aliphatic carbocycles. The van der Waals surface area contributed by atoms with Crippen LogP contribution in [-0.4, -0.2) is 43.7 Å². The van der Waals surface area contributed by atoms with Crippen LogP contribution in [0.5, 0.6) is 0 Å². The summed E-state index contributed by atoms with van der Waals surface area (Å²) in [6.45, 7) is 8.39. The molecule has 0 amide bonds. The number of aryl methyl sites for hydroxylation is 2. The van der Waals surface area contributed by atoms with Crippen molar-refractivity contribution in [2.45, 2.75) is 59.0 Å². The van der Waals surface area contributed by atoms with E-state index in [-0.39, 0.29) is 12.6 Å². The number of hydrogen-bond donors (Lipinski definition) is 3. The predicted octanol–water partition coefficient (Wildman–Crippen LogP) is 4.16. The van der Waals surface area contributed by atoms with Gasteiger partial charge < -0.3 is 15.7 Å². The monoisotopic (exact) mass is 412 g/mol. The van der Waals surface area contributed by atoms with E-state index in [0.717, 1.165) is 57.3 Å². The zero-order valence-corrected chi connectivity index (χ0v) is 18.2. The van der Waals surface area contributed by atoms with E-state index in [2.05, 4.69) is 29.5 Å². The topological polar surface area (TPSA) is 95.9 Å². The van der Waals surface area contributed by atoms with Crippen molar-refractivity contribution in [1.29, 1.82) is 0 Å². The molecular weight excluding hydrogens is 384 g/mol. The Labute approximate surface area is 175 Å². The summed E-state index contributed by atoms with van der Waals surface area (Å²) in [6, 6.07) is 2.55. The number of aliphatic hydroxyl groups is 1. The van der Waals surface area contributed by atoms with Gasteiger partial charge in [-0.05, 0) is 58.9 Å². The van der Waals surface area contributed by atoms with Crippen molar-refractivity contribution in [1.82, 2.24) is 19.9 Å². The number of fused-ring (bicyclic) bond motifs is 1. The fourth-order valence-electron chi connectivity index (χ4n) is 3.91. The molecule has 29 heavy (non-hydrogen) atoms. The van der Waals surface area contributed by atoms with Gasteiger partial charge in [0.25, 0.3) is 0 Å². The molecule has 0 aromatic carbocycles. The molecule has 3 aromatic heterocycles. The van der Waals surface area contributed by atoms with Gasteiger partial charge in [0.15, 0.2) is 0 Å². The number of anilines is 2. The van der Waals surface area contributed by atoms with Gasteiger partial charge in [-0.25, -0.2) is 9.97 Å². The minimum Gasteiger partial charge on any atom is -0.396 e. The summed E-state index contributed by atoms with van der Waals surface area (Å²) in [5, 5.41) is 17.4. The molecule has 3 heterocycles. The van der Waals surface area contributed by atoms with Crippen molar-refractivity contribution in [3.8, 4) is 10.6 Å². The van der Waals surface area contributed by atoms with Crippen LogP contribution in [0.1, 0.15) is 44.5 Å². The molecule has 2 atom stereocenters. The lowest BCUT2D eigenvalue weighted by molar-refractivity contribution is 0.229. The van der Waals surface area contributed by atoms with Crippen LogP contribution in [0.4, 0.5) is 11.8 Å². The number of hydrogen-bond acceptors (Lipinski definition) is 8. The van der Waals surface area contributed by atoms with E-state index in [1.54, 1.807) is 11.3 Å². The lowest BCUT2D eigenvalue weighted by Gasteiger charge is -2.19. The maximum Gasteiger partial charge on any atom is 0.225 e. The van der Waals surface area contributed by atoms with Crippen LogP contribution in [0.25, 0.3) is 20.8 Å². The standard InChI is InChI=1S/C21H28N6OS/c1-11(2)23-21-24-12(3)17(19(27-21)25-15-6-5-14(9-15)10-28)20-26-18-13(4)22-8-7-16(18)29-20/h7-8,11,14-15,28H,5-6,9-10H2,1-4H3,(H2,23,24,25,27). The Morgan fingerprint density at radius 1 is 1.17 bits per heavy atom. The number of pyridine rings is 1. The number of thiazole rings is 1. The summed E-state index contributed by atoms with van der Waals surface area (Å²) in [5.74, 6) is 1.80. The smallest absolute Gasteiger partial charge is 0.225 e. The Balaban J connectivity index is 1.77. The molecule has 1 aliphatic rings. The van der Waals surface area contributed by atoms with E-state index in [4.69, 9.17) is 15.0 Å². The van der Waals surface area contributed by atoms with Crippen LogP contribution in [0, 0.1) is 19.8 Å². The van der Waals surface area contributed by atoms with E-state index in [1.165, 1.54) is 0 Å². The first-order valence-electron chi connectivity index (χ1n) is 10.2. The summed E-state index contributed by atoms with van der Waals surface area (Å²) in [5.41, 5.74) is 3.71. The van der Waals surface area contributed by atoms with E-state index in [9.17, 15) is 5.11 Å². The number of aromatic nitrogens is 4. The highest BCUT2D eigenvalue weighted by molar-refractivity contribution is 7.21. The fourth-order valence-corrected chi connectivity index (χ4v) is 5.02. The van der Waals surface area contributed by atoms with E-state index >= 15 is 0 Å². The number of aliphatic hydroxyl groups excluding tert-OH is 1. The summed E-state index contributed by atoms with van der Waals surface area (Å²) in [4.78, 5) is 18.8. The Morgan fingerprint density at radius 2 is 2.00 bits per heavy atom. The number of rotatable bonds is 6. The zero-order chi connectivity index (χ0) is 20.5. The van der Waals surface area contributed by atoms with Gasteiger partial charge in [-0.15, -0.1) is 11.3 Å². The Bertz CT molecular complexity index is 1020. The molecule has 0 saturated heterocycles. The van der Waals surface area contributed by atoms with Crippen LogP contribution < -0.4 is 10.6 Å². The molecule has 0 spiro atoms. The Morgan fingerprint density at radius 3 is 2.69 bits per heavy atom. The Kier molecular flexibility index (Phi) is 5.65. The molecular formula is C21H28N6OS. The second-order valence-electron chi connectivity index (χ2n) is 8.12. The molecule has 0 aliphatic heterocycles. The second-order valence-corrected chi connectivity index (χ2v) is 9.15. The highest BCUT2D eigenvalue weighted by atomic mass is 32.1. The van der Waals surface area contributed by atoms with Crippen LogP contribution in [0.2, 0.25) is 0 Å². The van der Waals surface area contributed by atoms with Gasteiger partial charge in [0.1, 0.15) is 16.3 Å². The van der Waals surface area contributed by atoms with Gasteiger partial charge >= 0.3 is 0 Å². The largest absolute Gasteiger partial charge is 0.396 e. The molecule has 8 heteroatoms. The average molecular weight is 413 g/mol. The number of nitrogens with zero attached hydrogens (tertiary/aromatic N) is 4. The molecule has 2 unspecified atom stereocenters. The minimum absolute atomic E-state index is 0.245. The quantitative estimate of drug-likeness (QED) is 0.559. The van der Waals surface area contributed by atoms with E-state index < -0.39 is 0 Å². The third-order valence-corrected chi connectivity index (χ3v) is 6.39. The average Bonchev–Trinajstić information content (AvgIpc) is 3.28. The van der Waals surface area contributed by atoms with Crippen LogP contribution in [-0.2, 0) is 0 Å². The van der Waals surface area contributed by atoms with Crippen molar-refractivity contribution in [2.24, 2.45) is 5.92 Å². The summed E-state index contributed by atoms with van der Waals surface area (Å²) < 4.78 is 1.11. The molecule has 0 radical (unpaired) electrons. The lowest BCUT2D eigenvalue weighted by atomic mass is 10.1. The van der Waals surface area contributed by atoms with Gasteiger partial charge in [0.05, 0.1) is 21.7 Å². The molecule has 7 nitrogen and oxygen atoms in total. The van der Waals surface area contributed by atoms with Crippen LogP contribution >= 0.6 is 11.3 Å². The van der Waals surface area contributed by atoms with E-state index in [0.29, 0.717) is 17.9 Å². The predicted molar refractivity (Wildman–Crippen MR) is 119 cm³/mol. The summed E-state index contributed by atoms with van der Waals surface area (Å²) >= 11 is 1.64. The first kappa shape index (κ1) is 20.0. The maximum absolute atomic E-state index is 9.50. The second kappa shape index (κ2) is 8.20. The normalized spacial score (nSPS) is 19.2. The number of nitrogens with one attached hydrogen (secondary N) is 2. The molecule has 3 N–H and O–H groups in total. The van der Waals surface area contributed by atoms with Crippen molar-refractivity contribution in [2.75, 3.05) is 17.2 Å². The van der Waals surface area contributed by atoms with Crippen LogP contribution in [0.3, 0.4) is 0 Å². The highest BCUT2D eigenvalue weighted by Crippen LogP contribution is 2.38. The minimum atomic E-state index is 0.245. The van der Waals surface area contributed by atoms with Crippen molar-refractivity contribution >= 4 is 33.3 Å². The first-order valence-corrected chi connectivity index (χ1v) is 11.0. The lowest BCUT2D eigenvalue weighted by Crippen LogP contribution is -2.20. The van der Waals surface area contributed by atoms with E-state index in [1.807, 2.05) is 26.1 Å². The Hall–Kier alpha value is -2.32. The van der Waals surface area contributed by atoms with Crippen LogP contribution in [0.15, 0.2) is 12.3 Å². The molecule has 0 bridgehead atoms. The highest BCUT2D eigenvalue weighted by Gasteiger charge is 2.27. The SMILES string of the molecule is Cc1nc(NC(C)C)nc(NC2CCC(CO)C2)c1-c1nc2c(C)nccc2s1. The van der Waals surface area contributed by atoms with Gasteiger partial charge in [-0.3, -0.25) is 4.98 Å². The molecule has 154 valence electrons. The fraction of sp³-hybridized carbons (Fsp3) is 0.524. The third-order valence-electron chi connectivity index (χ3n) is 5.35. The molecule has 4 rings (SSSR count). The summed E-state index contributed by atoms with van der Waals surface area (Å²) in [7, 11) is 0. The van der Waals surface area contributed by atoms with Crippen molar-refractivity contribution in [3.05, 3.63) is 23.7 Å². The first-order chi connectivity index (χ1) is 13.9. The molecule has 1 saturated carbocycles. The third kappa shape index (κ3) is 4.18. The maximum atomic E-state index is 9.50. The van der Waals surface area contributed by atoms with Gasteiger partial charge in [-0.2, -0.15) is 4.98 Å². The van der Waals surface area contributed by atoms with Gasteiger partial charge in [0, 0.05) is 24.9 Å². The zero-order valence-electron chi connectivity index (χ0n) is 17.4. The van der Waals surface area contributed by atoms with Gasteiger partial charge in [0.2, 0.25) is 5.95 Å². The molecule has 1 fully saturated rings. The molecule has 3 aromatic rings. The summed E-state index contributed by atoms with van der Waals surface area (Å²) in [6.07, 6.45) is 4.85. The van der Waals surface area contributed by atoms with Crippen molar-refractivity contribution < 1.29 is 5.11 Å².